The minimum absolute atomic E-state index is 0.273. The van der Waals surface area contributed by atoms with Crippen molar-refractivity contribution >= 4 is 17.4 Å². The summed E-state index contributed by atoms with van der Waals surface area (Å²) in [4.78, 5) is 10.9. The van der Waals surface area contributed by atoms with Crippen LogP contribution in [-0.4, -0.2) is 14.9 Å². The standard InChI is InChI=1S/C8H10N2O4S/c9-5-6-1-3-7(4-2-6)14-8(11)10-15(12)13/h1-4H,5,9H2,(H,10,11)(H,12,13). The van der Waals surface area contributed by atoms with Crippen LogP contribution in [-0.2, 0) is 17.8 Å². The predicted octanol–water partition coefficient (Wildman–Crippen LogP) is 0.370. The van der Waals surface area contributed by atoms with Gasteiger partial charge in [0, 0.05) is 6.54 Å². The topological polar surface area (TPSA) is 102 Å². The van der Waals surface area contributed by atoms with E-state index in [1.54, 1.807) is 29.0 Å². The molecule has 1 rings (SSSR count). The predicted molar refractivity (Wildman–Crippen MR) is 54.3 cm³/mol. The molecular formula is C8H10N2O4S. The molecule has 0 saturated carbocycles. The molecule has 1 aromatic carbocycles. The first kappa shape index (κ1) is 11.6. The summed E-state index contributed by atoms with van der Waals surface area (Å²) in [6.07, 6.45) is -0.990. The fraction of sp³-hybridized carbons (Fsp3) is 0.125. The van der Waals surface area contributed by atoms with Crippen LogP contribution in [0.3, 0.4) is 0 Å². The maximum atomic E-state index is 10.9. The van der Waals surface area contributed by atoms with E-state index >= 15 is 0 Å². The number of amides is 1. The van der Waals surface area contributed by atoms with Crippen molar-refractivity contribution in [1.29, 1.82) is 0 Å². The first-order chi connectivity index (χ1) is 7.11. The van der Waals surface area contributed by atoms with Gasteiger partial charge in [-0.3, -0.25) is 4.55 Å². The van der Waals surface area contributed by atoms with Crippen LogP contribution in [0.25, 0.3) is 0 Å². The number of nitrogens with one attached hydrogen (secondary N) is 1. The molecule has 0 saturated heterocycles. The first-order valence-electron chi connectivity index (χ1n) is 4.00. The summed E-state index contributed by atoms with van der Waals surface area (Å²) in [7, 11) is 0. The van der Waals surface area contributed by atoms with E-state index in [4.69, 9.17) is 10.3 Å². The Balaban J connectivity index is 2.57. The zero-order valence-electron chi connectivity index (χ0n) is 7.67. The van der Waals surface area contributed by atoms with Crippen molar-refractivity contribution in [3.05, 3.63) is 29.8 Å². The number of nitrogens with two attached hydrogens (primary N) is 1. The molecule has 0 aliphatic carbocycles. The van der Waals surface area contributed by atoms with Gasteiger partial charge in [0.05, 0.1) is 0 Å². The fourth-order valence-corrected chi connectivity index (χ4v) is 1.08. The molecule has 82 valence electrons. The smallest absolute Gasteiger partial charge is 0.410 e. The van der Waals surface area contributed by atoms with Gasteiger partial charge in [0.1, 0.15) is 5.75 Å². The highest BCUT2D eigenvalue weighted by Gasteiger charge is 2.05. The van der Waals surface area contributed by atoms with Crippen LogP contribution >= 0.6 is 0 Å². The lowest BCUT2D eigenvalue weighted by molar-refractivity contribution is 0.206. The van der Waals surface area contributed by atoms with Gasteiger partial charge in [-0.25, -0.2) is 13.7 Å². The lowest BCUT2D eigenvalue weighted by Crippen LogP contribution is -2.28. The Labute approximate surface area is 88.8 Å². The largest absolute Gasteiger partial charge is 0.426 e. The Morgan fingerprint density at radius 2 is 2.07 bits per heavy atom. The number of carbonyl (C=O) groups is 1. The SMILES string of the molecule is NCc1ccc(OC(=O)NS(=O)O)cc1. The number of hydrogen-bond acceptors (Lipinski definition) is 4. The number of carbonyl (C=O) groups excluding carboxylic acids is 1. The van der Waals surface area contributed by atoms with Gasteiger partial charge >= 0.3 is 6.09 Å². The summed E-state index contributed by atoms with van der Waals surface area (Å²) in [5.74, 6) is 0.273. The molecule has 0 spiro atoms. The zero-order valence-corrected chi connectivity index (χ0v) is 8.49. The molecule has 1 aromatic rings. The number of ether oxygens (including phenoxy) is 1. The van der Waals surface area contributed by atoms with E-state index in [0.717, 1.165) is 5.56 Å². The van der Waals surface area contributed by atoms with Crippen molar-refractivity contribution in [3.63, 3.8) is 0 Å². The Bertz CT molecular complexity index is 365. The first-order valence-corrected chi connectivity index (χ1v) is 5.11. The molecule has 0 radical (unpaired) electrons. The Morgan fingerprint density at radius 3 is 2.53 bits per heavy atom. The quantitative estimate of drug-likeness (QED) is 0.651. The van der Waals surface area contributed by atoms with Gasteiger partial charge in [0.25, 0.3) is 11.3 Å². The number of benzene rings is 1. The summed E-state index contributed by atoms with van der Waals surface area (Å²) in [6.45, 7) is 0.396. The molecule has 0 aliphatic heterocycles. The summed E-state index contributed by atoms with van der Waals surface area (Å²) in [5.41, 5.74) is 6.27. The Morgan fingerprint density at radius 1 is 1.47 bits per heavy atom. The molecule has 0 heterocycles. The second kappa shape index (κ2) is 5.44. The number of hydrogen-bond donors (Lipinski definition) is 3. The van der Waals surface area contributed by atoms with Gasteiger partial charge in [-0.15, -0.1) is 0 Å². The second-order valence-corrected chi connectivity index (χ2v) is 3.29. The maximum Gasteiger partial charge on any atom is 0.426 e. The summed E-state index contributed by atoms with van der Waals surface area (Å²) in [5, 5.41) is 0. The molecule has 7 heteroatoms. The molecule has 0 aliphatic rings. The molecule has 4 N–H and O–H groups in total. The lowest BCUT2D eigenvalue weighted by Gasteiger charge is -2.03. The van der Waals surface area contributed by atoms with Crippen molar-refractivity contribution in [3.8, 4) is 5.75 Å². The third kappa shape index (κ3) is 4.07. The van der Waals surface area contributed by atoms with Crippen LogP contribution in [0.2, 0.25) is 0 Å². The average molecular weight is 230 g/mol. The van der Waals surface area contributed by atoms with Gasteiger partial charge in [-0.1, -0.05) is 12.1 Å². The van der Waals surface area contributed by atoms with Crippen molar-refractivity contribution in [2.75, 3.05) is 0 Å². The second-order valence-electron chi connectivity index (χ2n) is 2.59. The van der Waals surface area contributed by atoms with E-state index in [-0.39, 0.29) is 5.75 Å². The minimum atomic E-state index is -2.42. The van der Waals surface area contributed by atoms with E-state index < -0.39 is 17.4 Å². The third-order valence-electron chi connectivity index (χ3n) is 1.54. The van der Waals surface area contributed by atoms with Crippen molar-refractivity contribution in [2.24, 2.45) is 5.73 Å². The van der Waals surface area contributed by atoms with Crippen LogP contribution < -0.4 is 15.2 Å². The molecule has 0 bridgehead atoms. The van der Waals surface area contributed by atoms with Crippen LogP contribution in [0.4, 0.5) is 4.79 Å². The maximum absolute atomic E-state index is 10.9. The Kier molecular flexibility index (Phi) is 4.22. The van der Waals surface area contributed by atoms with E-state index in [1.165, 1.54) is 0 Å². The Hall–Kier alpha value is -1.44. The van der Waals surface area contributed by atoms with Gasteiger partial charge in [-0.05, 0) is 17.7 Å². The van der Waals surface area contributed by atoms with E-state index in [9.17, 15) is 9.00 Å². The minimum Gasteiger partial charge on any atom is -0.410 e. The average Bonchev–Trinajstić information content (AvgIpc) is 2.17. The zero-order chi connectivity index (χ0) is 11.3. The van der Waals surface area contributed by atoms with Gasteiger partial charge in [-0.2, -0.15) is 0 Å². The normalized spacial score (nSPS) is 11.9. The van der Waals surface area contributed by atoms with Crippen molar-refractivity contribution in [1.82, 2.24) is 4.72 Å². The van der Waals surface area contributed by atoms with Crippen molar-refractivity contribution in [2.45, 2.75) is 6.54 Å². The molecule has 6 nitrogen and oxygen atoms in total. The van der Waals surface area contributed by atoms with Gasteiger partial charge in [0.2, 0.25) is 0 Å². The highest BCUT2D eigenvalue weighted by molar-refractivity contribution is 7.77. The van der Waals surface area contributed by atoms with Crippen LogP contribution in [0.1, 0.15) is 5.56 Å². The summed E-state index contributed by atoms with van der Waals surface area (Å²) < 4.78 is 24.9. The lowest BCUT2D eigenvalue weighted by atomic mass is 10.2. The monoisotopic (exact) mass is 230 g/mol. The highest BCUT2D eigenvalue weighted by atomic mass is 32.2. The fourth-order valence-electron chi connectivity index (χ4n) is 0.893. The molecule has 0 fully saturated rings. The van der Waals surface area contributed by atoms with E-state index in [0.29, 0.717) is 6.54 Å². The van der Waals surface area contributed by atoms with E-state index in [1.807, 2.05) is 0 Å². The molecule has 15 heavy (non-hydrogen) atoms. The molecular weight excluding hydrogens is 220 g/mol. The van der Waals surface area contributed by atoms with Crippen molar-refractivity contribution < 1.29 is 18.3 Å². The van der Waals surface area contributed by atoms with Crippen LogP contribution in [0.15, 0.2) is 24.3 Å². The third-order valence-corrected chi connectivity index (χ3v) is 1.88. The highest BCUT2D eigenvalue weighted by Crippen LogP contribution is 2.11. The van der Waals surface area contributed by atoms with E-state index in [2.05, 4.69) is 4.74 Å². The summed E-state index contributed by atoms with van der Waals surface area (Å²) in [6, 6.07) is 6.47. The van der Waals surface area contributed by atoms with Gasteiger partial charge in [0.15, 0.2) is 0 Å². The van der Waals surface area contributed by atoms with Crippen LogP contribution in [0, 0.1) is 0 Å². The summed E-state index contributed by atoms with van der Waals surface area (Å²) >= 11 is -2.42. The molecule has 1 amide bonds. The molecule has 0 aromatic heterocycles. The number of rotatable bonds is 3. The van der Waals surface area contributed by atoms with Gasteiger partial charge < -0.3 is 10.5 Å². The van der Waals surface area contributed by atoms with Crippen LogP contribution in [0.5, 0.6) is 5.75 Å². The molecule has 1 unspecified atom stereocenters. The molecule has 1 atom stereocenters.